The molecule has 0 unspecified atom stereocenters. The molecular weight excluding hydrogens is 159 g/mol. The molecule has 1 aromatic rings. The first-order valence-electron chi connectivity index (χ1n) is 3.59. The lowest BCUT2D eigenvalue weighted by Gasteiger charge is -2.10. The number of halogens is 1. The molecule has 0 saturated carbocycles. The molecule has 0 aliphatic heterocycles. The van der Waals surface area contributed by atoms with Crippen molar-refractivity contribution < 1.29 is 9.50 Å². The first kappa shape index (κ1) is 8.96. The first-order valence-corrected chi connectivity index (χ1v) is 3.59. The molecule has 1 aromatic carbocycles. The van der Waals surface area contributed by atoms with Crippen LogP contribution in [0.3, 0.4) is 0 Å². The van der Waals surface area contributed by atoms with Crippen LogP contribution in [0.1, 0.15) is 11.6 Å². The van der Waals surface area contributed by atoms with Crippen LogP contribution in [0.25, 0.3) is 0 Å². The molecule has 1 atom stereocenters. The molecule has 0 saturated heterocycles. The van der Waals surface area contributed by atoms with Crippen molar-refractivity contribution in [3.05, 3.63) is 29.6 Å². The first-order chi connectivity index (χ1) is 5.65. The maximum absolute atomic E-state index is 12.6. The van der Waals surface area contributed by atoms with Crippen LogP contribution in [0.2, 0.25) is 0 Å². The molecule has 3 nitrogen and oxygen atoms in total. The predicted molar refractivity (Wildman–Crippen MR) is 44.0 cm³/mol. The molecule has 0 spiro atoms. The monoisotopic (exact) mass is 170 g/mol. The Bertz CT molecular complexity index is 278. The van der Waals surface area contributed by atoms with E-state index >= 15 is 0 Å². The van der Waals surface area contributed by atoms with E-state index in [1.165, 1.54) is 18.2 Å². The Morgan fingerprint density at radius 1 is 1.50 bits per heavy atom. The zero-order valence-electron chi connectivity index (χ0n) is 6.50. The third-order valence-electron chi connectivity index (χ3n) is 1.64. The van der Waals surface area contributed by atoms with Crippen molar-refractivity contribution in [3.63, 3.8) is 0 Å². The molecule has 0 fully saturated rings. The van der Waals surface area contributed by atoms with E-state index in [-0.39, 0.29) is 12.3 Å². The van der Waals surface area contributed by atoms with E-state index in [2.05, 4.69) is 0 Å². The normalized spacial score (nSPS) is 12.9. The van der Waals surface area contributed by atoms with Gasteiger partial charge in [0.05, 0.1) is 0 Å². The molecule has 5 N–H and O–H groups in total. The van der Waals surface area contributed by atoms with E-state index in [9.17, 15) is 9.50 Å². The maximum Gasteiger partial charge on any atom is 0.123 e. The molecule has 0 radical (unpaired) electrons. The Hall–Kier alpha value is -1.13. The Labute approximate surface area is 69.8 Å². The SMILES string of the molecule is NC[C@@H](N)c1cc(F)ccc1O. The minimum Gasteiger partial charge on any atom is -0.508 e. The smallest absolute Gasteiger partial charge is 0.123 e. The predicted octanol–water partition coefficient (Wildman–Crippen LogP) is 0.490. The fourth-order valence-electron chi connectivity index (χ4n) is 0.949. The van der Waals surface area contributed by atoms with Crippen LogP contribution in [0.15, 0.2) is 18.2 Å². The molecule has 12 heavy (non-hydrogen) atoms. The largest absolute Gasteiger partial charge is 0.508 e. The van der Waals surface area contributed by atoms with E-state index in [1.807, 2.05) is 0 Å². The van der Waals surface area contributed by atoms with E-state index < -0.39 is 11.9 Å². The summed E-state index contributed by atoms with van der Waals surface area (Å²) in [6.45, 7) is 0.178. The van der Waals surface area contributed by atoms with Crippen LogP contribution in [0.4, 0.5) is 4.39 Å². The molecule has 0 aromatic heterocycles. The number of hydrogen-bond acceptors (Lipinski definition) is 3. The van der Waals surface area contributed by atoms with Crippen molar-refractivity contribution in [2.24, 2.45) is 11.5 Å². The summed E-state index contributed by atoms with van der Waals surface area (Å²) in [6.07, 6.45) is 0. The average molecular weight is 170 g/mol. The Balaban J connectivity index is 3.04. The second kappa shape index (κ2) is 3.51. The quantitative estimate of drug-likeness (QED) is 0.604. The lowest BCUT2D eigenvalue weighted by Crippen LogP contribution is -2.20. The van der Waals surface area contributed by atoms with Gasteiger partial charge < -0.3 is 16.6 Å². The van der Waals surface area contributed by atoms with Crippen molar-refractivity contribution in [2.45, 2.75) is 6.04 Å². The summed E-state index contributed by atoms with van der Waals surface area (Å²) in [5.74, 6) is -0.443. The van der Waals surface area contributed by atoms with Crippen LogP contribution in [0, 0.1) is 5.82 Å². The van der Waals surface area contributed by atoms with E-state index in [4.69, 9.17) is 11.5 Å². The van der Waals surface area contributed by atoms with Crippen molar-refractivity contribution in [2.75, 3.05) is 6.54 Å². The zero-order chi connectivity index (χ0) is 9.14. The third kappa shape index (κ3) is 1.72. The van der Waals surface area contributed by atoms with Gasteiger partial charge in [0.1, 0.15) is 11.6 Å². The lowest BCUT2D eigenvalue weighted by atomic mass is 10.1. The Morgan fingerprint density at radius 3 is 2.75 bits per heavy atom. The maximum atomic E-state index is 12.6. The summed E-state index contributed by atoms with van der Waals surface area (Å²) in [6, 6.07) is 3.11. The summed E-state index contributed by atoms with van der Waals surface area (Å²) < 4.78 is 12.6. The van der Waals surface area contributed by atoms with Gasteiger partial charge in [0, 0.05) is 18.2 Å². The second-order valence-corrected chi connectivity index (χ2v) is 2.55. The highest BCUT2D eigenvalue weighted by Gasteiger charge is 2.09. The van der Waals surface area contributed by atoms with Crippen LogP contribution >= 0.6 is 0 Å². The highest BCUT2D eigenvalue weighted by molar-refractivity contribution is 5.35. The Morgan fingerprint density at radius 2 is 2.17 bits per heavy atom. The van der Waals surface area contributed by atoms with Crippen molar-refractivity contribution in [3.8, 4) is 5.75 Å². The van der Waals surface area contributed by atoms with Crippen molar-refractivity contribution in [1.29, 1.82) is 0 Å². The molecule has 4 heteroatoms. The van der Waals surface area contributed by atoms with Gasteiger partial charge in [0.2, 0.25) is 0 Å². The standard InChI is InChI=1S/C8H11FN2O/c9-5-1-2-8(12)6(3-5)7(11)4-10/h1-3,7,12H,4,10-11H2/t7-/m1/s1. The van der Waals surface area contributed by atoms with Gasteiger partial charge in [-0.3, -0.25) is 0 Å². The van der Waals surface area contributed by atoms with Gasteiger partial charge in [-0.25, -0.2) is 4.39 Å². The minimum atomic E-state index is -0.513. The number of phenols is 1. The number of nitrogens with two attached hydrogens (primary N) is 2. The van der Waals surface area contributed by atoms with Gasteiger partial charge in [0.25, 0.3) is 0 Å². The van der Waals surface area contributed by atoms with E-state index in [1.54, 1.807) is 0 Å². The average Bonchev–Trinajstić information content (AvgIpc) is 2.08. The van der Waals surface area contributed by atoms with Gasteiger partial charge in [0.15, 0.2) is 0 Å². The summed E-state index contributed by atoms with van der Waals surface area (Å²) in [4.78, 5) is 0. The van der Waals surface area contributed by atoms with Crippen molar-refractivity contribution in [1.82, 2.24) is 0 Å². The topological polar surface area (TPSA) is 72.3 Å². The number of benzene rings is 1. The molecule has 0 heterocycles. The fourth-order valence-corrected chi connectivity index (χ4v) is 0.949. The molecule has 1 rings (SSSR count). The minimum absolute atomic E-state index is 0.0191. The molecular formula is C8H11FN2O. The van der Waals surface area contributed by atoms with Gasteiger partial charge >= 0.3 is 0 Å². The molecule has 0 aliphatic rings. The van der Waals surface area contributed by atoms with Gasteiger partial charge in [-0.1, -0.05) is 0 Å². The number of rotatable bonds is 2. The molecule has 0 aliphatic carbocycles. The van der Waals surface area contributed by atoms with Crippen molar-refractivity contribution >= 4 is 0 Å². The number of phenolic OH excluding ortho intramolecular Hbond substituents is 1. The lowest BCUT2D eigenvalue weighted by molar-refractivity contribution is 0.459. The second-order valence-electron chi connectivity index (χ2n) is 2.55. The van der Waals surface area contributed by atoms with Crippen LogP contribution in [0.5, 0.6) is 5.75 Å². The summed E-state index contributed by atoms with van der Waals surface area (Å²) in [7, 11) is 0. The van der Waals surface area contributed by atoms with Gasteiger partial charge in [-0.15, -0.1) is 0 Å². The van der Waals surface area contributed by atoms with Crippen LogP contribution in [-0.4, -0.2) is 11.7 Å². The van der Waals surface area contributed by atoms with E-state index in [0.717, 1.165) is 0 Å². The van der Waals surface area contributed by atoms with Gasteiger partial charge in [-0.05, 0) is 18.2 Å². The highest BCUT2D eigenvalue weighted by Crippen LogP contribution is 2.22. The number of aromatic hydroxyl groups is 1. The van der Waals surface area contributed by atoms with Crippen LogP contribution in [-0.2, 0) is 0 Å². The van der Waals surface area contributed by atoms with E-state index in [0.29, 0.717) is 5.56 Å². The van der Waals surface area contributed by atoms with Crippen LogP contribution < -0.4 is 11.5 Å². The highest BCUT2D eigenvalue weighted by atomic mass is 19.1. The molecule has 0 bridgehead atoms. The molecule has 66 valence electrons. The summed E-state index contributed by atoms with van der Waals surface area (Å²) >= 11 is 0. The zero-order valence-corrected chi connectivity index (χ0v) is 6.50. The van der Waals surface area contributed by atoms with Gasteiger partial charge in [-0.2, -0.15) is 0 Å². The summed E-state index contributed by atoms with van der Waals surface area (Å²) in [5.41, 5.74) is 11.1. The third-order valence-corrected chi connectivity index (χ3v) is 1.64. The Kier molecular flexibility index (Phi) is 2.62. The fraction of sp³-hybridized carbons (Fsp3) is 0.250. The number of hydrogen-bond donors (Lipinski definition) is 3. The summed E-state index contributed by atoms with van der Waals surface area (Å²) in [5, 5.41) is 9.23. The molecule has 0 amide bonds.